The Bertz CT molecular complexity index is 285. The molecule has 0 nitrogen and oxygen atoms in total. The van der Waals surface area contributed by atoms with Gasteiger partial charge in [0.25, 0.3) is 0 Å². The monoisotopic (exact) mass is 216 g/mol. The van der Waals surface area contributed by atoms with E-state index in [-0.39, 0.29) is 0 Å². The molecule has 1 aliphatic rings. The van der Waals surface area contributed by atoms with E-state index in [1.54, 1.807) is 0 Å². The molecule has 0 heterocycles. The topological polar surface area (TPSA) is 0 Å². The van der Waals surface area contributed by atoms with Crippen molar-refractivity contribution in [3.8, 4) is 0 Å². The van der Waals surface area contributed by atoms with Gasteiger partial charge in [-0.15, -0.1) is 0 Å². The maximum Gasteiger partial charge on any atom is -0.0234 e. The van der Waals surface area contributed by atoms with Crippen LogP contribution in [-0.2, 0) is 0 Å². The summed E-state index contributed by atoms with van der Waals surface area (Å²) in [5.41, 5.74) is 2.51. The Hall–Kier alpha value is -1.04. The van der Waals surface area contributed by atoms with Gasteiger partial charge >= 0.3 is 0 Å². The van der Waals surface area contributed by atoms with Gasteiger partial charge in [0, 0.05) is 0 Å². The summed E-state index contributed by atoms with van der Waals surface area (Å²) in [6, 6.07) is 0. The van der Waals surface area contributed by atoms with Crippen molar-refractivity contribution < 1.29 is 0 Å². The van der Waals surface area contributed by atoms with Gasteiger partial charge in [-0.2, -0.15) is 0 Å². The Balaban J connectivity index is 2.54. The molecule has 0 atom stereocenters. The molecule has 0 heteroatoms. The molecular formula is C16H24. The summed E-state index contributed by atoms with van der Waals surface area (Å²) in [6.07, 6.45) is 16.3. The third kappa shape index (κ3) is 4.22. The molecule has 1 aliphatic carbocycles. The third-order valence-electron chi connectivity index (χ3n) is 3.31. The molecule has 0 unspecified atom stereocenters. The normalized spacial score (nSPS) is 18.9. The molecule has 88 valence electrons. The molecule has 1 saturated carbocycles. The van der Waals surface area contributed by atoms with Crippen molar-refractivity contribution in [1.29, 1.82) is 0 Å². The molecule has 0 radical (unpaired) electrons. The molecule has 16 heavy (non-hydrogen) atoms. The maximum absolute atomic E-state index is 4.22. The van der Waals surface area contributed by atoms with Gasteiger partial charge in [-0.3, -0.25) is 0 Å². The Morgan fingerprint density at radius 2 is 1.94 bits per heavy atom. The lowest BCUT2D eigenvalue weighted by molar-refractivity contribution is 0.357. The fourth-order valence-corrected chi connectivity index (χ4v) is 2.46. The molecule has 0 aliphatic heterocycles. The van der Waals surface area contributed by atoms with Gasteiger partial charge < -0.3 is 0 Å². The van der Waals surface area contributed by atoms with Crippen LogP contribution >= 0.6 is 0 Å². The third-order valence-corrected chi connectivity index (χ3v) is 3.31. The smallest absolute Gasteiger partial charge is 0.0234 e. The lowest BCUT2D eigenvalue weighted by Gasteiger charge is -2.22. The van der Waals surface area contributed by atoms with Gasteiger partial charge in [-0.05, 0) is 30.4 Å². The van der Waals surface area contributed by atoms with Crippen molar-refractivity contribution in [3.63, 3.8) is 0 Å². The second-order valence-corrected chi connectivity index (χ2v) is 4.67. The summed E-state index contributed by atoms with van der Waals surface area (Å²) in [4.78, 5) is 0. The molecule has 0 bridgehead atoms. The van der Waals surface area contributed by atoms with Crippen LogP contribution in [0.25, 0.3) is 0 Å². The second kappa shape index (κ2) is 7.27. The van der Waals surface area contributed by atoms with E-state index in [2.05, 4.69) is 31.4 Å². The van der Waals surface area contributed by atoms with E-state index in [1.807, 2.05) is 13.0 Å². The van der Waals surface area contributed by atoms with Gasteiger partial charge in [-0.1, -0.05) is 69.6 Å². The van der Waals surface area contributed by atoms with Crippen LogP contribution in [-0.4, -0.2) is 0 Å². The summed E-state index contributed by atoms with van der Waals surface area (Å²) < 4.78 is 0. The summed E-state index contributed by atoms with van der Waals surface area (Å²) in [5.74, 6) is 0.861. The minimum Gasteiger partial charge on any atom is -0.0990 e. The molecule has 0 amide bonds. The van der Waals surface area contributed by atoms with E-state index in [0.29, 0.717) is 0 Å². The summed E-state index contributed by atoms with van der Waals surface area (Å²) in [5, 5.41) is 0. The molecule has 0 aromatic rings. The summed E-state index contributed by atoms with van der Waals surface area (Å²) in [6.45, 7) is 10.0. The van der Waals surface area contributed by atoms with E-state index in [0.717, 1.165) is 12.3 Å². The van der Waals surface area contributed by atoms with E-state index < -0.39 is 0 Å². The molecular weight excluding hydrogens is 192 g/mol. The zero-order chi connectivity index (χ0) is 11.8. The lowest BCUT2D eigenvalue weighted by Crippen LogP contribution is -2.07. The van der Waals surface area contributed by atoms with Crippen LogP contribution in [0.15, 0.2) is 48.6 Å². The fraction of sp³-hybridized carbons (Fsp3) is 0.500. The number of allylic oxidation sites excluding steroid dienone is 6. The van der Waals surface area contributed by atoms with Gasteiger partial charge in [-0.25, -0.2) is 0 Å². The van der Waals surface area contributed by atoms with Crippen LogP contribution < -0.4 is 0 Å². The average Bonchev–Trinajstić information content (AvgIpc) is 2.30. The van der Waals surface area contributed by atoms with Crippen LogP contribution in [0.3, 0.4) is 0 Å². The Kier molecular flexibility index (Phi) is 5.92. The number of hydrogen-bond donors (Lipinski definition) is 0. The zero-order valence-corrected chi connectivity index (χ0v) is 10.5. The van der Waals surface area contributed by atoms with Crippen molar-refractivity contribution in [1.82, 2.24) is 0 Å². The first kappa shape index (κ1) is 13.0. The molecule has 1 fully saturated rings. The van der Waals surface area contributed by atoms with Crippen molar-refractivity contribution in [2.75, 3.05) is 0 Å². The molecule has 1 rings (SSSR count). The van der Waals surface area contributed by atoms with Crippen LogP contribution in [0, 0.1) is 5.92 Å². The average molecular weight is 216 g/mol. The van der Waals surface area contributed by atoms with E-state index >= 15 is 0 Å². The highest BCUT2D eigenvalue weighted by Gasteiger charge is 2.14. The highest BCUT2D eigenvalue weighted by molar-refractivity contribution is 5.40. The van der Waals surface area contributed by atoms with Crippen molar-refractivity contribution in [3.05, 3.63) is 48.6 Å². The van der Waals surface area contributed by atoms with Crippen LogP contribution in [0.1, 0.15) is 45.4 Å². The second-order valence-electron chi connectivity index (χ2n) is 4.67. The minimum atomic E-state index is 0.861. The summed E-state index contributed by atoms with van der Waals surface area (Å²) in [7, 11) is 0. The number of rotatable bonds is 5. The first-order valence-electron chi connectivity index (χ1n) is 6.41. The van der Waals surface area contributed by atoms with Gasteiger partial charge in [0.15, 0.2) is 0 Å². The largest absolute Gasteiger partial charge is 0.0990 e. The highest BCUT2D eigenvalue weighted by Crippen LogP contribution is 2.30. The minimum absolute atomic E-state index is 0.861. The quantitative estimate of drug-likeness (QED) is 0.554. The molecule has 0 N–H and O–H groups in total. The predicted molar refractivity (Wildman–Crippen MR) is 73.4 cm³/mol. The van der Waals surface area contributed by atoms with Crippen LogP contribution in [0.5, 0.6) is 0 Å². The first-order valence-corrected chi connectivity index (χ1v) is 6.41. The molecule has 0 aromatic heterocycles. The Labute approximate surface area is 100 Å². The SMILES string of the molecule is C=C/C=C(\C=C/C)C(=C)CC1CCCCC1. The van der Waals surface area contributed by atoms with Crippen molar-refractivity contribution >= 4 is 0 Å². The lowest BCUT2D eigenvalue weighted by atomic mass is 9.83. The maximum atomic E-state index is 4.22. The fourth-order valence-electron chi connectivity index (χ4n) is 2.46. The van der Waals surface area contributed by atoms with E-state index in [4.69, 9.17) is 0 Å². The van der Waals surface area contributed by atoms with Crippen LogP contribution in [0.4, 0.5) is 0 Å². The van der Waals surface area contributed by atoms with E-state index in [9.17, 15) is 0 Å². The van der Waals surface area contributed by atoms with Gasteiger partial charge in [0.05, 0.1) is 0 Å². The standard InChI is InChI=1S/C16H24/c1-4-9-16(10-5-2)14(3)13-15-11-7-6-8-12-15/h4-5,9-10,15H,1,3,6-8,11-13H2,2H3/b10-5-,16-9+. The van der Waals surface area contributed by atoms with Crippen LogP contribution in [0.2, 0.25) is 0 Å². The Morgan fingerprint density at radius 3 is 2.50 bits per heavy atom. The van der Waals surface area contributed by atoms with E-state index in [1.165, 1.54) is 43.3 Å². The van der Waals surface area contributed by atoms with Crippen molar-refractivity contribution in [2.45, 2.75) is 45.4 Å². The highest BCUT2D eigenvalue weighted by atomic mass is 14.2. The molecule has 0 saturated heterocycles. The van der Waals surface area contributed by atoms with Gasteiger partial charge in [0.1, 0.15) is 0 Å². The van der Waals surface area contributed by atoms with Gasteiger partial charge in [0.2, 0.25) is 0 Å². The predicted octanol–water partition coefficient (Wildman–Crippen LogP) is 5.20. The number of hydrogen-bond acceptors (Lipinski definition) is 0. The summed E-state index contributed by atoms with van der Waals surface area (Å²) >= 11 is 0. The molecule has 0 spiro atoms. The van der Waals surface area contributed by atoms with Crippen molar-refractivity contribution in [2.24, 2.45) is 5.92 Å². The first-order chi connectivity index (χ1) is 7.77. The Morgan fingerprint density at radius 1 is 1.25 bits per heavy atom. The zero-order valence-electron chi connectivity index (χ0n) is 10.5. The molecule has 0 aromatic carbocycles.